The Labute approximate surface area is 721 Å². The van der Waals surface area contributed by atoms with E-state index < -0.39 is 111 Å². The van der Waals surface area contributed by atoms with Gasteiger partial charge in [-0.15, -0.1) is 0 Å². The molecule has 0 spiro atoms. The monoisotopic (exact) mass is 2230 g/mol. The molecule has 0 aliphatic heterocycles. The van der Waals surface area contributed by atoms with Crippen molar-refractivity contribution < 1.29 is 621 Å². The molecule has 432 valence electrons. The molecule has 72 heteroatoms. The quantitative estimate of drug-likeness (QED) is 0.203. The van der Waals surface area contributed by atoms with Gasteiger partial charge in [-0.25, -0.2) is 0 Å². The second-order valence-corrected chi connectivity index (χ2v) is 4.50. The molecule has 0 N–H and O–H groups in total. The van der Waals surface area contributed by atoms with Crippen LogP contribution in [0.1, 0.15) is 0 Å². The normalized spacial score (nSPS) is 4.80. The maximum atomic E-state index is 8.33. The summed E-state index contributed by atoms with van der Waals surface area (Å²) in [7, 11) is 0. The van der Waals surface area contributed by atoms with Gasteiger partial charge in [-0.3, -0.25) is 0 Å². The minimum Gasteiger partial charge on any atom is -0.652 e. The Morgan fingerprint density at radius 2 is 0.0778 bits per heavy atom. The van der Waals surface area contributed by atoms with E-state index in [1.165, 1.54) is 0 Å². The molecule has 0 saturated heterocycles. The van der Waals surface area contributed by atoms with Crippen molar-refractivity contribution in [3.8, 4) is 0 Å². The summed E-state index contributed by atoms with van der Waals surface area (Å²) in [5, 5.41) is 300. The zero-order valence-electron chi connectivity index (χ0n) is 43.8. The fourth-order valence-corrected chi connectivity index (χ4v) is 0. The van der Waals surface area contributed by atoms with E-state index in [4.69, 9.17) is 270 Å². The molecule has 0 aromatic carbocycles. The average Bonchev–Trinajstić information content (AvgIpc) is 2.91. The molecule has 0 rings (SSSR count). The van der Waals surface area contributed by atoms with E-state index in [1.807, 2.05) is 0 Å². The van der Waals surface area contributed by atoms with Crippen LogP contribution in [0.2, 0.25) is 0 Å². The summed E-state index contributed by atoms with van der Waals surface area (Å²) in [5.74, 6) is 0. The first-order chi connectivity index (χ1) is 31.2. The van der Waals surface area contributed by atoms with Gasteiger partial charge in [0, 0.05) is 0 Å². The molecule has 90 heavy (non-hydrogen) atoms. The largest absolute Gasteiger partial charge is 2.00 e. The summed E-state index contributed by atoms with van der Waals surface area (Å²) < 4.78 is 0. The maximum absolute atomic E-state index is 8.33. The number of rotatable bonds is 0. The Balaban J connectivity index is -0.00000000997. The SMILES string of the molecule is O=C([O-])[O-].O=C([O-])[O-].O=C([O-])[O-].O=C([O-])[O-].O=C([O-])[O-].O=C([O-])[O-].O=C([O-])[O-].O=C([O-])[O-].O=C([O-])[O-].O=C([O-])[O-].O=C([O-])[O-].O=C([O-])[O-].O=C([O-])[O-].O=C([O-])[O-].O=C([O-])[O-].O=C([O-])[O-].O=C([O-])[O-].O=C([O-])[O-].[Zn+2].[Zn+2].[Zn+2].[Zn+2].[Zn+2].[Zn+2].[Zn+2].[Zn+2].[Zn+2].[Zn+2].[Zn+2].[Zn+2].[Zn+2].[Zn+2].[Zn+2].[Zn+2].[Zn+2].[Zn+2]. The van der Waals surface area contributed by atoms with Crippen molar-refractivity contribution in [1.29, 1.82) is 0 Å². The van der Waals surface area contributed by atoms with Crippen LogP contribution in [-0.2, 0) is 351 Å². The van der Waals surface area contributed by atoms with Crippen molar-refractivity contribution in [1.82, 2.24) is 0 Å². The fourth-order valence-electron chi connectivity index (χ4n) is 0. The van der Waals surface area contributed by atoms with Crippen LogP contribution in [0.3, 0.4) is 0 Å². The summed E-state index contributed by atoms with van der Waals surface area (Å²) in [5.41, 5.74) is 0. The molecule has 0 radical (unpaired) electrons. The standard InChI is InChI=1S/18CH2O3.18Zn/c18*2-1(3)4;;;;;;;;;;;;;;;;;;/h18*(H2,2,3,4);;;;;;;;;;;;;;;;;;/q;;;;;;;;;;;;;;;;;;18*+2/p-36. The molecule has 0 aliphatic rings. The van der Waals surface area contributed by atoms with Gasteiger partial charge >= 0.3 is 351 Å². The molecular formula is C18O54Zn18. The number of hydrogen-bond acceptors (Lipinski definition) is 54. The van der Waals surface area contributed by atoms with Crippen molar-refractivity contribution in [2.75, 3.05) is 0 Å². The van der Waals surface area contributed by atoms with Gasteiger partial charge in [-0.1, -0.05) is 0 Å². The van der Waals surface area contributed by atoms with E-state index in [2.05, 4.69) is 0 Å². The molecule has 0 saturated carbocycles. The molecular weight excluding hydrogens is 2260 g/mol. The predicted molar refractivity (Wildman–Crippen MR) is 97.1 cm³/mol. The number of hydrogen-bond donors (Lipinski definition) is 0. The van der Waals surface area contributed by atoms with Crippen molar-refractivity contribution in [2.45, 2.75) is 0 Å². The zero-order valence-corrected chi connectivity index (χ0v) is 97.2. The predicted octanol–water partition coefficient (Wildman–Crippen LogP) is -44.1. The van der Waals surface area contributed by atoms with Crippen molar-refractivity contribution in [2.24, 2.45) is 0 Å². The molecule has 0 amide bonds. The van der Waals surface area contributed by atoms with E-state index >= 15 is 0 Å². The topological polar surface area (TPSA) is 1140 Å². The van der Waals surface area contributed by atoms with Gasteiger partial charge < -0.3 is 270 Å². The Morgan fingerprint density at radius 1 is 0.0778 bits per heavy atom. The van der Waals surface area contributed by atoms with Crippen LogP contribution in [-0.4, -0.2) is 111 Å². The van der Waals surface area contributed by atoms with E-state index in [0.717, 1.165) is 0 Å². The first-order valence-electron chi connectivity index (χ1n) is 11.0. The molecule has 54 nitrogen and oxygen atoms in total. The number of carboxylic acid groups (broad SMARTS) is 36. The summed E-state index contributed by atoms with van der Waals surface area (Å²) in [6.45, 7) is 0. The van der Waals surface area contributed by atoms with E-state index in [0.29, 0.717) is 0 Å². The molecule has 0 aromatic rings. The molecule has 0 atom stereocenters. The molecule has 0 unspecified atom stereocenters. The van der Waals surface area contributed by atoms with Crippen LogP contribution in [0.5, 0.6) is 0 Å². The Morgan fingerprint density at radius 3 is 0.0778 bits per heavy atom. The minimum atomic E-state index is -2.33. The smallest absolute Gasteiger partial charge is 0.652 e. The third kappa shape index (κ3) is 169000. The first kappa shape index (κ1) is 246. The van der Waals surface area contributed by atoms with E-state index in [9.17, 15) is 0 Å². The second kappa shape index (κ2) is 238. The second-order valence-electron chi connectivity index (χ2n) is 4.50. The van der Waals surface area contributed by atoms with Gasteiger partial charge in [0.1, 0.15) is 0 Å². The van der Waals surface area contributed by atoms with Gasteiger partial charge in [0.25, 0.3) is 0 Å². The Bertz CT molecular complexity index is 988. The van der Waals surface area contributed by atoms with Crippen LogP contribution in [0.15, 0.2) is 0 Å². The fraction of sp³-hybridized carbons (Fsp3) is 0. The summed E-state index contributed by atoms with van der Waals surface area (Å²) in [4.78, 5) is 150. The third-order valence-electron chi connectivity index (χ3n) is 0. The third-order valence-corrected chi connectivity index (χ3v) is 0. The van der Waals surface area contributed by atoms with Gasteiger partial charge in [-0.05, 0) is 111 Å². The van der Waals surface area contributed by atoms with Gasteiger partial charge in [0.05, 0.1) is 0 Å². The van der Waals surface area contributed by atoms with Crippen LogP contribution in [0.25, 0.3) is 0 Å². The van der Waals surface area contributed by atoms with E-state index in [-0.39, 0.29) is 351 Å². The number of carbonyl (C=O) groups is 18. The Kier molecular flexibility index (Phi) is 651. The van der Waals surface area contributed by atoms with Gasteiger partial charge in [0.15, 0.2) is 0 Å². The molecule has 0 aromatic heterocycles. The van der Waals surface area contributed by atoms with E-state index in [1.54, 1.807) is 0 Å². The molecule has 0 aliphatic carbocycles. The maximum Gasteiger partial charge on any atom is 2.00 e. The molecule has 0 heterocycles. The van der Waals surface area contributed by atoms with Crippen LogP contribution >= 0.6 is 0 Å². The van der Waals surface area contributed by atoms with Gasteiger partial charge in [0.2, 0.25) is 0 Å². The average molecular weight is 2260 g/mol. The number of carbonyl (C=O) groups excluding carboxylic acids is 18. The zero-order chi connectivity index (χ0) is 64.4. The minimum absolute atomic E-state index is 0. The van der Waals surface area contributed by atoms with Crippen molar-refractivity contribution in [3.63, 3.8) is 0 Å². The van der Waals surface area contributed by atoms with Crippen LogP contribution < -0.4 is 184 Å². The van der Waals surface area contributed by atoms with Gasteiger partial charge in [-0.2, -0.15) is 0 Å². The first-order valence-corrected chi connectivity index (χ1v) is 11.0. The van der Waals surface area contributed by atoms with Crippen molar-refractivity contribution in [3.05, 3.63) is 0 Å². The molecule has 0 fully saturated rings. The van der Waals surface area contributed by atoms with Crippen molar-refractivity contribution >= 4 is 111 Å². The molecule has 0 bridgehead atoms. The summed E-state index contributed by atoms with van der Waals surface area (Å²) >= 11 is 0. The van der Waals surface area contributed by atoms with Crippen LogP contribution in [0, 0.1) is 0 Å². The van der Waals surface area contributed by atoms with Crippen LogP contribution in [0.4, 0.5) is 86.3 Å². The summed E-state index contributed by atoms with van der Waals surface area (Å²) in [6, 6.07) is 0. The Hall–Kier alpha value is -1.92. The summed E-state index contributed by atoms with van der Waals surface area (Å²) in [6.07, 6.45) is -42.0.